The number of piperidine rings is 1. The van der Waals surface area contributed by atoms with Gasteiger partial charge in [0.25, 0.3) is 0 Å². The lowest BCUT2D eigenvalue weighted by molar-refractivity contribution is 0.235. The van der Waals surface area contributed by atoms with Crippen LogP contribution in [0, 0.1) is 0 Å². The zero-order chi connectivity index (χ0) is 10.5. The summed E-state index contributed by atoms with van der Waals surface area (Å²) >= 11 is 0. The van der Waals surface area contributed by atoms with E-state index >= 15 is 0 Å². The summed E-state index contributed by atoms with van der Waals surface area (Å²) in [6.07, 6.45) is 4.71. The summed E-state index contributed by atoms with van der Waals surface area (Å²) in [4.78, 5) is 6.36. The Labute approximate surface area is 89.8 Å². The van der Waals surface area contributed by atoms with E-state index in [-0.39, 0.29) is 0 Å². The second-order valence-corrected chi connectivity index (χ2v) is 4.13. The lowest BCUT2D eigenvalue weighted by Gasteiger charge is -2.29. The third kappa shape index (κ3) is 3.28. The minimum Gasteiger partial charge on any atom is -0.343 e. The first-order valence-corrected chi connectivity index (χ1v) is 5.52. The molecule has 1 fully saturated rings. The van der Waals surface area contributed by atoms with Crippen LogP contribution in [-0.4, -0.2) is 47.8 Å². The maximum absolute atomic E-state index is 4.68. The quantitative estimate of drug-likeness (QED) is 0.774. The Morgan fingerprint density at radius 3 is 3.00 bits per heavy atom. The van der Waals surface area contributed by atoms with E-state index in [9.17, 15) is 0 Å². The van der Waals surface area contributed by atoms with E-state index in [0.29, 0.717) is 6.04 Å². The molecule has 0 amide bonds. The lowest BCUT2D eigenvalue weighted by Crippen LogP contribution is -2.41. The molecule has 1 N–H and O–H groups in total. The Kier molecular flexibility index (Phi) is 3.69. The molecule has 84 valence electrons. The maximum Gasteiger partial charge on any atom is 0.213 e. The van der Waals surface area contributed by atoms with E-state index in [0.717, 1.165) is 18.8 Å². The molecule has 2 heterocycles. The van der Waals surface area contributed by atoms with Crippen LogP contribution in [0.25, 0.3) is 0 Å². The molecule has 1 aromatic heterocycles. The van der Waals surface area contributed by atoms with Crippen LogP contribution < -0.4 is 5.32 Å². The van der Waals surface area contributed by atoms with Crippen LogP contribution in [0.3, 0.4) is 0 Å². The highest BCUT2D eigenvalue weighted by molar-refractivity contribution is 4.81. The van der Waals surface area contributed by atoms with Crippen LogP contribution >= 0.6 is 0 Å². The van der Waals surface area contributed by atoms with Crippen molar-refractivity contribution >= 4 is 0 Å². The SMILES string of the molecule is CN1CCC(NCCc2ncon2)CC1. The summed E-state index contributed by atoms with van der Waals surface area (Å²) in [6, 6.07) is 0.660. The standard InChI is InChI=1S/C10H18N4O/c1-14-6-3-9(4-7-14)11-5-2-10-12-8-15-13-10/h8-9,11H,2-7H2,1H3. The third-order valence-corrected chi connectivity index (χ3v) is 2.91. The molecule has 5 heteroatoms. The van der Waals surface area contributed by atoms with Crippen LogP contribution in [-0.2, 0) is 6.42 Å². The summed E-state index contributed by atoms with van der Waals surface area (Å²) < 4.78 is 4.68. The molecule has 0 bridgehead atoms. The number of aromatic nitrogens is 2. The molecule has 0 aliphatic carbocycles. The normalized spacial score (nSPS) is 19.5. The fourth-order valence-corrected chi connectivity index (χ4v) is 1.90. The molecular weight excluding hydrogens is 192 g/mol. The second kappa shape index (κ2) is 5.23. The van der Waals surface area contributed by atoms with Crippen molar-refractivity contribution < 1.29 is 4.52 Å². The van der Waals surface area contributed by atoms with Gasteiger partial charge in [-0.3, -0.25) is 0 Å². The molecule has 1 aliphatic heterocycles. The maximum atomic E-state index is 4.68. The van der Waals surface area contributed by atoms with Gasteiger partial charge in [0, 0.05) is 19.0 Å². The smallest absolute Gasteiger partial charge is 0.213 e. The van der Waals surface area contributed by atoms with Gasteiger partial charge in [-0.1, -0.05) is 5.16 Å². The van der Waals surface area contributed by atoms with Gasteiger partial charge in [0.2, 0.25) is 6.39 Å². The largest absolute Gasteiger partial charge is 0.343 e. The summed E-state index contributed by atoms with van der Waals surface area (Å²) in [7, 11) is 2.18. The van der Waals surface area contributed by atoms with Gasteiger partial charge in [-0.15, -0.1) is 0 Å². The van der Waals surface area contributed by atoms with Gasteiger partial charge in [-0.05, 0) is 33.0 Å². The van der Waals surface area contributed by atoms with Gasteiger partial charge in [-0.25, -0.2) is 0 Å². The topological polar surface area (TPSA) is 54.2 Å². The van der Waals surface area contributed by atoms with Gasteiger partial charge in [0.15, 0.2) is 5.82 Å². The van der Waals surface area contributed by atoms with Gasteiger partial charge in [0.05, 0.1) is 0 Å². The molecule has 2 rings (SSSR count). The van der Waals surface area contributed by atoms with Crippen molar-refractivity contribution in [3.63, 3.8) is 0 Å². The number of hydrogen-bond acceptors (Lipinski definition) is 5. The van der Waals surface area contributed by atoms with Crippen LogP contribution in [0.1, 0.15) is 18.7 Å². The molecular formula is C10H18N4O. The monoisotopic (exact) mass is 210 g/mol. The number of likely N-dealkylation sites (tertiary alicyclic amines) is 1. The number of rotatable bonds is 4. The first-order chi connectivity index (χ1) is 7.34. The van der Waals surface area contributed by atoms with Crippen molar-refractivity contribution in [1.29, 1.82) is 0 Å². The van der Waals surface area contributed by atoms with E-state index in [4.69, 9.17) is 0 Å². The predicted octanol–water partition coefficient (Wildman–Crippen LogP) is 0.296. The Morgan fingerprint density at radius 2 is 2.33 bits per heavy atom. The van der Waals surface area contributed by atoms with Crippen molar-refractivity contribution in [1.82, 2.24) is 20.4 Å². The second-order valence-electron chi connectivity index (χ2n) is 4.13. The molecule has 0 saturated carbocycles. The van der Waals surface area contributed by atoms with Crippen LogP contribution in [0.4, 0.5) is 0 Å². The Bertz CT molecular complexity index is 267. The minimum absolute atomic E-state index is 0.660. The molecule has 15 heavy (non-hydrogen) atoms. The number of nitrogens with zero attached hydrogens (tertiary/aromatic N) is 3. The zero-order valence-corrected chi connectivity index (χ0v) is 9.15. The molecule has 0 spiro atoms. The van der Waals surface area contributed by atoms with Crippen LogP contribution in [0.2, 0.25) is 0 Å². The van der Waals surface area contributed by atoms with Gasteiger partial charge < -0.3 is 14.7 Å². The first-order valence-electron chi connectivity index (χ1n) is 5.52. The Morgan fingerprint density at radius 1 is 1.53 bits per heavy atom. The lowest BCUT2D eigenvalue weighted by atomic mass is 10.1. The molecule has 1 saturated heterocycles. The van der Waals surface area contributed by atoms with Crippen molar-refractivity contribution in [2.24, 2.45) is 0 Å². The molecule has 5 nitrogen and oxygen atoms in total. The van der Waals surface area contributed by atoms with E-state index in [1.807, 2.05) is 0 Å². The first kappa shape index (κ1) is 10.6. The van der Waals surface area contributed by atoms with E-state index < -0.39 is 0 Å². The van der Waals surface area contributed by atoms with Crippen molar-refractivity contribution in [3.05, 3.63) is 12.2 Å². The molecule has 0 unspecified atom stereocenters. The summed E-state index contributed by atoms with van der Waals surface area (Å²) in [5.74, 6) is 0.787. The van der Waals surface area contributed by atoms with Crippen molar-refractivity contribution in [3.8, 4) is 0 Å². The number of nitrogens with one attached hydrogen (secondary N) is 1. The zero-order valence-electron chi connectivity index (χ0n) is 9.15. The highest BCUT2D eigenvalue weighted by Gasteiger charge is 2.15. The summed E-state index contributed by atoms with van der Waals surface area (Å²) in [5, 5.41) is 7.31. The molecule has 1 aromatic rings. The van der Waals surface area contributed by atoms with Gasteiger partial charge in [0.1, 0.15) is 0 Å². The van der Waals surface area contributed by atoms with E-state index in [1.165, 1.54) is 32.3 Å². The van der Waals surface area contributed by atoms with Crippen molar-refractivity contribution in [2.45, 2.75) is 25.3 Å². The van der Waals surface area contributed by atoms with Crippen LogP contribution in [0.5, 0.6) is 0 Å². The number of hydrogen-bond donors (Lipinski definition) is 1. The molecule has 1 aliphatic rings. The molecule has 0 aromatic carbocycles. The van der Waals surface area contributed by atoms with Gasteiger partial charge >= 0.3 is 0 Å². The summed E-state index contributed by atoms with van der Waals surface area (Å²) in [6.45, 7) is 3.33. The Balaban J connectivity index is 1.62. The van der Waals surface area contributed by atoms with Crippen LogP contribution in [0.15, 0.2) is 10.9 Å². The molecule has 0 radical (unpaired) electrons. The average molecular weight is 210 g/mol. The highest BCUT2D eigenvalue weighted by Crippen LogP contribution is 2.07. The average Bonchev–Trinajstić information content (AvgIpc) is 2.74. The predicted molar refractivity (Wildman–Crippen MR) is 56.5 cm³/mol. The molecule has 0 atom stereocenters. The fraction of sp³-hybridized carbons (Fsp3) is 0.800. The highest BCUT2D eigenvalue weighted by atomic mass is 16.5. The van der Waals surface area contributed by atoms with E-state index in [2.05, 4.69) is 31.9 Å². The minimum atomic E-state index is 0.660. The Hall–Kier alpha value is -0.940. The van der Waals surface area contributed by atoms with Gasteiger partial charge in [-0.2, -0.15) is 4.98 Å². The fourth-order valence-electron chi connectivity index (χ4n) is 1.90. The van der Waals surface area contributed by atoms with E-state index in [1.54, 1.807) is 0 Å². The third-order valence-electron chi connectivity index (χ3n) is 2.91. The summed E-state index contributed by atoms with van der Waals surface area (Å²) in [5.41, 5.74) is 0. The van der Waals surface area contributed by atoms with Crippen molar-refractivity contribution in [2.75, 3.05) is 26.7 Å².